The number of anilines is 1. The quantitative estimate of drug-likeness (QED) is 0.408. The van der Waals surface area contributed by atoms with Crippen molar-refractivity contribution < 1.29 is 27.7 Å². The van der Waals surface area contributed by atoms with E-state index in [0.29, 0.717) is 5.75 Å². The van der Waals surface area contributed by atoms with Gasteiger partial charge in [0.1, 0.15) is 6.61 Å². The largest absolute Gasteiger partial charge is 0.493 e. The molecule has 0 fully saturated rings. The van der Waals surface area contributed by atoms with Crippen molar-refractivity contribution in [3.63, 3.8) is 0 Å². The lowest BCUT2D eigenvalue weighted by atomic mass is 10.3. The lowest BCUT2D eigenvalue weighted by Crippen LogP contribution is -2.18. The van der Waals surface area contributed by atoms with Crippen LogP contribution in [-0.4, -0.2) is 59.5 Å². The summed E-state index contributed by atoms with van der Waals surface area (Å²) >= 11 is 0. The van der Waals surface area contributed by atoms with Gasteiger partial charge in [-0.25, -0.2) is 23.4 Å². The Kier molecular flexibility index (Phi) is 7.52. The van der Waals surface area contributed by atoms with E-state index in [1.54, 1.807) is 30.3 Å². The van der Waals surface area contributed by atoms with Crippen molar-refractivity contribution in [3.8, 4) is 34.8 Å². The summed E-state index contributed by atoms with van der Waals surface area (Å²) < 4.78 is 44.0. The molecule has 0 bridgehead atoms. The highest BCUT2D eigenvalue weighted by atomic mass is 32.2. The first kappa shape index (κ1) is 22.9. The maximum atomic E-state index is 12.5. The molecule has 32 heavy (non-hydrogen) atoms. The number of nitrogens with zero attached hydrogens (tertiary/aromatic N) is 4. The summed E-state index contributed by atoms with van der Waals surface area (Å²) in [5.74, 6) is -0.0558. The number of aliphatic hydroxyl groups is 1. The van der Waals surface area contributed by atoms with Crippen molar-refractivity contribution in [1.29, 1.82) is 0 Å². The SMILES string of the molecule is C=CCS(=O)(=O)Nc1nc(-c2ncccn2)nc(OCCO)c1Oc1ccccc1OC. The van der Waals surface area contributed by atoms with Gasteiger partial charge in [-0.05, 0) is 18.2 Å². The number of aliphatic hydroxyl groups excluding tert-OH is 1. The molecular formula is C20H21N5O6S. The van der Waals surface area contributed by atoms with Crippen LogP contribution in [0.4, 0.5) is 5.82 Å². The molecule has 2 N–H and O–H groups in total. The number of nitrogens with one attached hydrogen (secondary N) is 1. The zero-order valence-electron chi connectivity index (χ0n) is 17.1. The molecule has 0 saturated carbocycles. The zero-order chi connectivity index (χ0) is 23.0. The van der Waals surface area contributed by atoms with Crippen molar-refractivity contribution in [2.45, 2.75) is 0 Å². The third kappa shape index (κ3) is 5.68. The molecule has 0 atom stereocenters. The van der Waals surface area contributed by atoms with E-state index in [2.05, 4.69) is 31.2 Å². The van der Waals surface area contributed by atoms with Gasteiger partial charge >= 0.3 is 0 Å². The smallest absolute Gasteiger partial charge is 0.263 e. The van der Waals surface area contributed by atoms with Crippen molar-refractivity contribution in [1.82, 2.24) is 19.9 Å². The topological polar surface area (TPSA) is 146 Å². The molecule has 3 aromatic rings. The molecule has 0 aliphatic heterocycles. The molecule has 3 rings (SSSR count). The Morgan fingerprint density at radius 1 is 1.09 bits per heavy atom. The Morgan fingerprint density at radius 2 is 1.81 bits per heavy atom. The van der Waals surface area contributed by atoms with E-state index in [1.807, 2.05) is 0 Å². The summed E-state index contributed by atoms with van der Waals surface area (Å²) in [5.41, 5.74) is 0. The lowest BCUT2D eigenvalue weighted by molar-refractivity contribution is 0.192. The monoisotopic (exact) mass is 459 g/mol. The summed E-state index contributed by atoms with van der Waals surface area (Å²) in [5, 5.41) is 9.23. The molecule has 12 heteroatoms. The van der Waals surface area contributed by atoms with Gasteiger partial charge in [0, 0.05) is 12.4 Å². The van der Waals surface area contributed by atoms with E-state index in [4.69, 9.17) is 14.2 Å². The molecule has 0 radical (unpaired) electrons. The number of aromatic nitrogens is 4. The highest BCUT2D eigenvalue weighted by molar-refractivity contribution is 7.92. The van der Waals surface area contributed by atoms with Gasteiger partial charge in [0.2, 0.25) is 21.6 Å². The number of hydrogen-bond donors (Lipinski definition) is 2. The minimum absolute atomic E-state index is 0.0118. The average molecular weight is 459 g/mol. The number of methoxy groups -OCH3 is 1. The van der Waals surface area contributed by atoms with Gasteiger partial charge in [-0.15, -0.1) is 6.58 Å². The van der Waals surface area contributed by atoms with Crippen molar-refractivity contribution in [3.05, 3.63) is 55.4 Å². The number of hydrogen-bond acceptors (Lipinski definition) is 10. The lowest BCUT2D eigenvalue weighted by Gasteiger charge is -2.17. The first-order valence-corrected chi connectivity index (χ1v) is 11.0. The maximum absolute atomic E-state index is 12.5. The highest BCUT2D eigenvalue weighted by Crippen LogP contribution is 2.40. The molecule has 11 nitrogen and oxygen atoms in total. The summed E-state index contributed by atoms with van der Waals surface area (Å²) in [6, 6.07) is 8.35. The fourth-order valence-corrected chi connectivity index (χ4v) is 3.33. The van der Waals surface area contributed by atoms with Crippen LogP contribution in [0, 0.1) is 0 Å². The number of rotatable bonds is 11. The van der Waals surface area contributed by atoms with Crippen LogP contribution in [0.3, 0.4) is 0 Å². The Labute approximate surface area is 184 Å². The molecular weight excluding hydrogens is 438 g/mol. The van der Waals surface area contributed by atoms with Crippen LogP contribution in [-0.2, 0) is 10.0 Å². The third-order valence-corrected chi connectivity index (χ3v) is 4.98. The Hall–Kier alpha value is -3.77. The number of benzene rings is 1. The fraction of sp³-hybridized carbons (Fsp3) is 0.200. The van der Waals surface area contributed by atoms with Crippen LogP contribution in [0.25, 0.3) is 11.6 Å². The van der Waals surface area contributed by atoms with Crippen LogP contribution in [0.1, 0.15) is 0 Å². The minimum Gasteiger partial charge on any atom is -0.493 e. The Balaban J connectivity index is 2.19. The van der Waals surface area contributed by atoms with E-state index >= 15 is 0 Å². The third-order valence-electron chi connectivity index (χ3n) is 3.80. The molecule has 0 aliphatic rings. The fourth-order valence-electron chi connectivity index (χ4n) is 2.50. The van der Waals surface area contributed by atoms with Gasteiger partial charge in [0.15, 0.2) is 23.1 Å². The Bertz CT molecular complexity index is 1170. The van der Waals surface area contributed by atoms with E-state index < -0.39 is 10.0 Å². The Morgan fingerprint density at radius 3 is 2.47 bits per heavy atom. The first-order chi connectivity index (χ1) is 15.5. The minimum atomic E-state index is -3.87. The number of sulfonamides is 1. The summed E-state index contributed by atoms with van der Waals surface area (Å²) in [7, 11) is -2.40. The maximum Gasteiger partial charge on any atom is 0.263 e. The molecule has 0 spiro atoms. The number of ether oxygens (including phenoxy) is 3. The second-order valence-corrected chi connectivity index (χ2v) is 7.87. The summed E-state index contributed by atoms with van der Waals surface area (Å²) in [6.07, 6.45) is 4.20. The molecule has 0 unspecified atom stereocenters. The number of para-hydroxylation sites is 2. The first-order valence-electron chi connectivity index (χ1n) is 9.32. The van der Waals surface area contributed by atoms with Gasteiger partial charge in [-0.1, -0.05) is 18.2 Å². The van der Waals surface area contributed by atoms with Crippen LogP contribution < -0.4 is 18.9 Å². The van der Waals surface area contributed by atoms with Crippen molar-refractivity contribution in [2.24, 2.45) is 0 Å². The van der Waals surface area contributed by atoms with Gasteiger partial charge < -0.3 is 19.3 Å². The molecule has 0 aliphatic carbocycles. The highest BCUT2D eigenvalue weighted by Gasteiger charge is 2.24. The predicted molar refractivity (Wildman–Crippen MR) is 116 cm³/mol. The summed E-state index contributed by atoms with van der Waals surface area (Å²) in [4.78, 5) is 16.7. The standard InChI is InChI=1S/C20H21N5O6S/c1-3-13-32(27,28)25-17-16(31-15-8-5-4-7-14(15)29-2)20(30-12-11-26)24-19(23-17)18-21-9-6-10-22-18/h3-10,26H,1,11-13H2,2H3,(H,23,24,25). The normalized spacial score (nSPS) is 10.9. The average Bonchev–Trinajstić information content (AvgIpc) is 2.79. The van der Waals surface area contributed by atoms with Gasteiger partial charge in [0.05, 0.1) is 19.5 Å². The van der Waals surface area contributed by atoms with Gasteiger partial charge in [-0.2, -0.15) is 4.98 Å². The van der Waals surface area contributed by atoms with E-state index in [9.17, 15) is 13.5 Å². The van der Waals surface area contributed by atoms with Crippen molar-refractivity contribution in [2.75, 3.05) is 30.8 Å². The molecule has 0 saturated heterocycles. The van der Waals surface area contributed by atoms with Crippen LogP contribution in [0.5, 0.6) is 23.1 Å². The predicted octanol–water partition coefficient (Wildman–Crippen LogP) is 2.03. The summed E-state index contributed by atoms with van der Waals surface area (Å²) in [6.45, 7) is 3.01. The molecule has 2 aromatic heterocycles. The van der Waals surface area contributed by atoms with E-state index in [-0.39, 0.29) is 53.8 Å². The second kappa shape index (κ2) is 10.5. The van der Waals surface area contributed by atoms with Crippen LogP contribution in [0.2, 0.25) is 0 Å². The van der Waals surface area contributed by atoms with Crippen LogP contribution in [0.15, 0.2) is 55.4 Å². The molecule has 1 aromatic carbocycles. The molecule has 0 amide bonds. The van der Waals surface area contributed by atoms with Crippen molar-refractivity contribution >= 4 is 15.8 Å². The van der Waals surface area contributed by atoms with Crippen LogP contribution >= 0.6 is 0 Å². The van der Waals surface area contributed by atoms with Gasteiger partial charge in [-0.3, -0.25) is 4.72 Å². The van der Waals surface area contributed by atoms with E-state index in [1.165, 1.54) is 25.6 Å². The molecule has 2 heterocycles. The molecule has 168 valence electrons. The zero-order valence-corrected chi connectivity index (χ0v) is 17.9. The second-order valence-electron chi connectivity index (χ2n) is 6.10. The van der Waals surface area contributed by atoms with Gasteiger partial charge in [0.25, 0.3) is 5.88 Å². The van der Waals surface area contributed by atoms with E-state index in [0.717, 1.165) is 0 Å².